The molecule has 3 rings (SSSR count). The summed E-state index contributed by atoms with van der Waals surface area (Å²) in [6.45, 7) is 0. The summed E-state index contributed by atoms with van der Waals surface area (Å²) in [5.41, 5.74) is 1.31. The number of pyridine rings is 1. The number of methoxy groups -OCH3 is 3. The summed E-state index contributed by atoms with van der Waals surface area (Å²) in [7, 11) is 4.74. The van der Waals surface area contributed by atoms with Crippen molar-refractivity contribution in [3.05, 3.63) is 42.6 Å². The number of fused-ring (bicyclic) bond motifs is 1. The lowest BCUT2D eigenvalue weighted by molar-refractivity contribution is 0.358. The molecule has 0 spiro atoms. The van der Waals surface area contributed by atoms with E-state index in [2.05, 4.69) is 4.98 Å². The van der Waals surface area contributed by atoms with Gasteiger partial charge in [-0.1, -0.05) is 0 Å². The molecule has 24 heavy (non-hydrogen) atoms. The molecule has 0 bridgehead atoms. The molecule has 6 heteroatoms. The van der Waals surface area contributed by atoms with Crippen LogP contribution in [-0.4, -0.2) is 31.4 Å². The highest BCUT2D eigenvalue weighted by Crippen LogP contribution is 2.41. The molecule has 0 radical (unpaired) electrons. The first kappa shape index (κ1) is 17.7. The average molecular weight is 348 g/mol. The molecule has 0 unspecified atom stereocenters. The van der Waals surface area contributed by atoms with Crippen molar-refractivity contribution < 1.29 is 19.3 Å². The third kappa shape index (κ3) is 2.90. The maximum atomic E-state index is 10.6. The number of benzene rings is 2. The zero-order valence-electron chi connectivity index (χ0n) is 13.6. The zero-order chi connectivity index (χ0) is 16.4. The number of nitrogens with zero attached hydrogens (tertiary/aromatic N) is 1. The van der Waals surface area contributed by atoms with Gasteiger partial charge in [0.25, 0.3) is 0 Å². The monoisotopic (exact) mass is 347 g/mol. The molecule has 5 nitrogen and oxygen atoms in total. The summed E-state index contributed by atoms with van der Waals surface area (Å²) in [5, 5.41) is 12.0. The normalized spacial score (nSPS) is 10.1. The van der Waals surface area contributed by atoms with Crippen LogP contribution in [0.5, 0.6) is 23.0 Å². The van der Waals surface area contributed by atoms with Crippen molar-refractivity contribution in [2.24, 2.45) is 0 Å². The molecule has 126 valence electrons. The van der Waals surface area contributed by atoms with Crippen molar-refractivity contribution in [3.63, 3.8) is 0 Å². The van der Waals surface area contributed by atoms with E-state index in [-0.39, 0.29) is 18.2 Å². The van der Waals surface area contributed by atoms with Gasteiger partial charge in [-0.25, -0.2) is 0 Å². The summed E-state index contributed by atoms with van der Waals surface area (Å²) >= 11 is 0. The van der Waals surface area contributed by atoms with Crippen LogP contribution in [0.3, 0.4) is 0 Å². The van der Waals surface area contributed by atoms with Crippen molar-refractivity contribution in [1.82, 2.24) is 4.98 Å². The van der Waals surface area contributed by atoms with Gasteiger partial charge in [-0.3, -0.25) is 4.98 Å². The molecule has 0 aliphatic heterocycles. The summed E-state index contributed by atoms with van der Waals surface area (Å²) in [5.74, 6) is 2.00. The van der Waals surface area contributed by atoms with Gasteiger partial charge in [-0.2, -0.15) is 0 Å². The molecular weight excluding hydrogens is 330 g/mol. The van der Waals surface area contributed by atoms with E-state index in [0.717, 1.165) is 11.3 Å². The molecule has 2 aromatic carbocycles. The van der Waals surface area contributed by atoms with Gasteiger partial charge in [0.2, 0.25) is 0 Å². The average Bonchev–Trinajstić information content (AvgIpc) is 2.61. The Morgan fingerprint density at radius 2 is 1.54 bits per heavy atom. The highest BCUT2D eigenvalue weighted by molar-refractivity contribution is 5.97. The SMILES string of the molecule is COc1ccc(-c2ncc3c(OC)c(OC)ccc3c2O)cc1.Cl. The molecule has 0 saturated carbocycles. The van der Waals surface area contributed by atoms with E-state index in [9.17, 15) is 5.11 Å². The quantitative estimate of drug-likeness (QED) is 0.771. The van der Waals surface area contributed by atoms with Crippen LogP contribution in [0.15, 0.2) is 42.6 Å². The van der Waals surface area contributed by atoms with Crippen LogP contribution in [-0.2, 0) is 0 Å². The molecule has 0 saturated heterocycles. The molecule has 0 fully saturated rings. The first-order chi connectivity index (χ1) is 11.2. The molecule has 0 amide bonds. The number of halogens is 1. The van der Waals surface area contributed by atoms with Crippen molar-refractivity contribution in [1.29, 1.82) is 0 Å². The molecule has 1 aromatic heterocycles. The van der Waals surface area contributed by atoms with Gasteiger partial charge in [0.1, 0.15) is 17.2 Å². The number of aromatic nitrogens is 1. The van der Waals surface area contributed by atoms with E-state index in [0.29, 0.717) is 28.0 Å². The van der Waals surface area contributed by atoms with Crippen molar-refractivity contribution in [2.75, 3.05) is 21.3 Å². The largest absolute Gasteiger partial charge is 0.505 e. The summed E-state index contributed by atoms with van der Waals surface area (Å²) < 4.78 is 15.8. The lowest BCUT2D eigenvalue weighted by Gasteiger charge is -2.13. The maximum absolute atomic E-state index is 10.6. The smallest absolute Gasteiger partial charge is 0.170 e. The lowest BCUT2D eigenvalue weighted by atomic mass is 10.0. The molecule has 0 aliphatic carbocycles. The summed E-state index contributed by atoms with van der Waals surface area (Å²) in [6, 6.07) is 10.9. The summed E-state index contributed by atoms with van der Waals surface area (Å²) in [4.78, 5) is 4.39. The number of rotatable bonds is 4. The van der Waals surface area contributed by atoms with Crippen molar-refractivity contribution in [2.45, 2.75) is 0 Å². The van der Waals surface area contributed by atoms with Crippen LogP contribution in [0, 0.1) is 0 Å². The van der Waals surface area contributed by atoms with Gasteiger partial charge >= 0.3 is 0 Å². The Bertz CT molecular complexity index is 850. The second kappa shape index (κ2) is 7.27. The van der Waals surface area contributed by atoms with Crippen LogP contribution >= 0.6 is 12.4 Å². The fourth-order valence-electron chi connectivity index (χ4n) is 2.56. The molecule has 0 aliphatic rings. The fourth-order valence-corrected chi connectivity index (χ4v) is 2.56. The predicted molar refractivity (Wildman–Crippen MR) is 95.7 cm³/mol. The molecular formula is C18H18ClNO4. The third-order valence-corrected chi connectivity index (χ3v) is 3.75. The van der Waals surface area contributed by atoms with Crippen LogP contribution < -0.4 is 14.2 Å². The van der Waals surface area contributed by atoms with Crippen molar-refractivity contribution >= 4 is 23.2 Å². The minimum absolute atomic E-state index is 0. The number of ether oxygens (including phenoxy) is 3. The first-order valence-corrected chi connectivity index (χ1v) is 7.06. The van der Waals surface area contributed by atoms with E-state index >= 15 is 0 Å². The van der Waals surface area contributed by atoms with Crippen molar-refractivity contribution in [3.8, 4) is 34.3 Å². The molecule has 1 N–H and O–H groups in total. The first-order valence-electron chi connectivity index (χ1n) is 7.06. The minimum Gasteiger partial charge on any atom is -0.505 e. The van der Waals surface area contributed by atoms with Gasteiger partial charge in [0, 0.05) is 22.5 Å². The van der Waals surface area contributed by atoms with Crippen LogP contribution in [0.25, 0.3) is 22.0 Å². The molecule has 0 atom stereocenters. The molecule has 1 heterocycles. The van der Waals surface area contributed by atoms with E-state index in [1.807, 2.05) is 24.3 Å². The second-order valence-electron chi connectivity index (χ2n) is 4.95. The van der Waals surface area contributed by atoms with E-state index < -0.39 is 0 Å². The Morgan fingerprint density at radius 1 is 0.833 bits per heavy atom. The Labute approximate surface area is 146 Å². The number of hydrogen-bond acceptors (Lipinski definition) is 5. The number of aromatic hydroxyl groups is 1. The van der Waals surface area contributed by atoms with Crippen LogP contribution in [0.1, 0.15) is 0 Å². The highest BCUT2D eigenvalue weighted by atomic mass is 35.5. The van der Waals surface area contributed by atoms with Crippen LogP contribution in [0.2, 0.25) is 0 Å². The minimum atomic E-state index is 0. The summed E-state index contributed by atoms with van der Waals surface area (Å²) in [6.07, 6.45) is 1.68. The lowest BCUT2D eigenvalue weighted by Crippen LogP contribution is -1.93. The Morgan fingerprint density at radius 3 is 2.12 bits per heavy atom. The fraction of sp³-hybridized carbons (Fsp3) is 0.167. The van der Waals surface area contributed by atoms with Crippen LogP contribution in [0.4, 0.5) is 0 Å². The van der Waals surface area contributed by atoms with E-state index in [4.69, 9.17) is 14.2 Å². The zero-order valence-corrected chi connectivity index (χ0v) is 14.4. The van der Waals surface area contributed by atoms with Gasteiger partial charge in [0.15, 0.2) is 11.5 Å². The Kier molecular flexibility index (Phi) is 5.36. The number of hydrogen-bond donors (Lipinski definition) is 1. The highest BCUT2D eigenvalue weighted by Gasteiger charge is 2.16. The van der Waals surface area contributed by atoms with Gasteiger partial charge in [-0.15, -0.1) is 12.4 Å². The topological polar surface area (TPSA) is 60.8 Å². The third-order valence-electron chi connectivity index (χ3n) is 3.75. The Balaban J connectivity index is 0.00000208. The van der Waals surface area contributed by atoms with E-state index in [1.54, 1.807) is 39.7 Å². The van der Waals surface area contributed by atoms with Gasteiger partial charge < -0.3 is 19.3 Å². The van der Waals surface area contributed by atoms with Gasteiger partial charge in [-0.05, 0) is 36.4 Å². The predicted octanol–water partition coefficient (Wildman–Crippen LogP) is 4.06. The molecule has 3 aromatic rings. The standard InChI is InChI=1S/C18H17NO4.ClH/c1-21-12-6-4-11(5-7-12)16-17(20)13-8-9-15(22-2)18(23-3)14(13)10-19-16;/h4-10,20H,1-3H3;1H. The second-order valence-corrected chi connectivity index (χ2v) is 4.95. The Hall–Kier alpha value is -2.66. The van der Waals surface area contributed by atoms with Gasteiger partial charge in [0.05, 0.1) is 21.3 Å². The maximum Gasteiger partial charge on any atom is 0.170 e. The van der Waals surface area contributed by atoms with E-state index in [1.165, 1.54) is 0 Å².